The number of nitrogens with zero attached hydrogens (tertiary/aromatic N) is 1. The van der Waals surface area contributed by atoms with Crippen molar-refractivity contribution in [2.75, 3.05) is 5.32 Å². The number of hydrogen-bond acceptors (Lipinski definition) is 4. The molecule has 2 N–H and O–H groups in total. The molecule has 0 aliphatic rings. The predicted molar refractivity (Wildman–Crippen MR) is 74.8 cm³/mol. The number of halogens is 1. The Labute approximate surface area is 114 Å². The second kappa shape index (κ2) is 4.85. The third-order valence-corrected chi connectivity index (χ3v) is 3.80. The first-order valence-corrected chi connectivity index (χ1v) is 6.28. The third-order valence-electron chi connectivity index (χ3n) is 3.14. The van der Waals surface area contributed by atoms with Crippen LogP contribution in [0.15, 0.2) is 22.7 Å². The molecule has 1 aromatic rings. The van der Waals surface area contributed by atoms with Crippen molar-refractivity contribution in [3.05, 3.63) is 32.8 Å². The number of nitro groups is 1. The van der Waals surface area contributed by atoms with Gasteiger partial charge in [-0.2, -0.15) is 0 Å². The van der Waals surface area contributed by atoms with Crippen molar-refractivity contribution in [1.82, 2.24) is 0 Å². The zero-order valence-corrected chi connectivity index (χ0v) is 12.4. The molecule has 5 nitrogen and oxygen atoms in total. The molecule has 0 spiro atoms. The molecule has 0 radical (unpaired) electrons. The molecule has 0 fully saturated rings. The SMILES string of the molecule is CC(C)(O)C(C)(C)Nc1ccc([N+](=O)[O-])cc1Br. The van der Waals surface area contributed by atoms with Crippen LogP contribution in [0.2, 0.25) is 0 Å². The average Bonchev–Trinajstić information content (AvgIpc) is 2.18. The Bertz CT molecular complexity index is 467. The smallest absolute Gasteiger partial charge is 0.270 e. The summed E-state index contributed by atoms with van der Waals surface area (Å²) >= 11 is 3.29. The van der Waals surface area contributed by atoms with Gasteiger partial charge in [-0.05, 0) is 49.7 Å². The van der Waals surface area contributed by atoms with E-state index in [2.05, 4.69) is 21.2 Å². The molecule has 1 rings (SSSR count). The van der Waals surface area contributed by atoms with Crippen LogP contribution in [-0.4, -0.2) is 21.2 Å². The zero-order chi connectivity index (χ0) is 14.1. The van der Waals surface area contributed by atoms with Crippen molar-refractivity contribution >= 4 is 27.3 Å². The normalized spacial score (nSPS) is 12.3. The van der Waals surface area contributed by atoms with E-state index in [1.54, 1.807) is 19.9 Å². The van der Waals surface area contributed by atoms with E-state index >= 15 is 0 Å². The van der Waals surface area contributed by atoms with Crippen molar-refractivity contribution < 1.29 is 10.0 Å². The minimum absolute atomic E-state index is 0.0217. The fourth-order valence-electron chi connectivity index (χ4n) is 1.21. The Morgan fingerprint density at radius 3 is 2.28 bits per heavy atom. The molecule has 6 heteroatoms. The summed E-state index contributed by atoms with van der Waals surface area (Å²) in [6, 6.07) is 4.48. The second-order valence-corrected chi connectivity index (χ2v) is 6.08. The highest BCUT2D eigenvalue weighted by molar-refractivity contribution is 9.10. The molecular weight excluding hydrogens is 300 g/mol. The minimum atomic E-state index is -0.936. The Balaban J connectivity index is 3.03. The summed E-state index contributed by atoms with van der Waals surface area (Å²) in [6.45, 7) is 7.14. The molecule has 100 valence electrons. The van der Waals surface area contributed by atoms with Crippen LogP contribution in [-0.2, 0) is 0 Å². The number of nitro benzene ring substituents is 1. The first-order chi connectivity index (χ1) is 8.04. The van der Waals surface area contributed by atoms with Crippen LogP contribution in [0.3, 0.4) is 0 Å². The summed E-state index contributed by atoms with van der Waals surface area (Å²) < 4.78 is 0.592. The Morgan fingerprint density at radius 1 is 1.33 bits per heavy atom. The molecule has 0 saturated heterocycles. The molecule has 0 bridgehead atoms. The van der Waals surface area contributed by atoms with E-state index in [1.807, 2.05) is 13.8 Å². The first kappa shape index (κ1) is 14.9. The topological polar surface area (TPSA) is 75.4 Å². The average molecular weight is 317 g/mol. The van der Waals surface area contributed by atoms with Crippen molar-refractivity contribution in [1.29, 1.82) is 0 Å². The number of anilines is 1. The first-order valence-electron chi connectivity index (χ1n) is 5.49. The summed E-state index contributed by atoms with van der Waals surface area (Å²) in [5, 5.41) is 23.9. The van der Waals surface area contributed by atoms with Gasteiger partial charge in [0.15, 0.2) is 0 Å². The summed E-state index contributed by atoms with van der Waals surface area (Å²) in [4.78, 5) is 10.2. The Kier molecular flexibility index (Phi) is 4.02. The van der Waals surface area contributed by atoms with Crippen LogP contribution >= 0.6 is 15.9 Å². The molecule has 18 heavy (non-hydrogen) atoms. The lowest BCUT2D eigenvalue weighted by atomic mass is 9.86. The highest BCUT2D eigenvalue weighted by Gasteiger charge is 2.35. The molecule has 0 aliphatic carbocycles. The number of non-ortho nitro benzene ring substituents is 1. The van der Waals surface area contributed by atoms with Crippen LogP contribution in [0.25, 0.3) is 0 Å². The number of nitrogens with one attached hydrogen (secondary N) is 1. The van der Waals surface area contributed by atoms with E-state index in [4.69, 9.17) is 0 Å². The van der Waals surface area contributed by atoms with Crippen LogP contribution in [0.1, 0.15) is 27.7 Å². The number of aliphatic hydroxyl groups is 1. The van der Waals surface area contributed by atoms with E-state index < -0.39 is 16.1 Å². The van der Waals surface area contributed by atoms with Gasteiger partial charge in [-0.1, -0.05) is 0 Å². The van der Waals surface area contributed by atoms with Gasteiger partial charge in [-0.15, -0.1) is 0 Å². The van der Waals surface area contributed by atoms with Crippen LogP contribution in [0, 0.1) is 10.1 Å². The Hall–Kier alpha value is -1.14. The van der Waals surface area contributed by atoms with Gasteiger partial charge in [0.1, 0.15) is 0 Å². The predicted octanol–water partition coefficient (Wildman–Crippen LogP) is 3.32. The number of hydrogen-bond donors (Lipinski definition) is 2. The second-order valence-electron chi connectivity index (χ2n) is 5.23. The standard InChI is InChI=1S/C12H17BrN2O3/c1-11(2,12(3,4)16)14-10-6-5-8(15(17)18)7-9(10)13/h5-7,14,16H,1-4H3. The van der Waals surface area contributed by atoms with Crippen LogP contribution < -0.4 is 5.32 Å². The highest BCUT2D eigenvalue weighted by atomic mass is 79.9. The van der Waals surface area contributed by atoms with Gasteiger partial charge < -0.3 is 10.4 Å². The van der Waals surface area contributed by atoms with Crippen molar-refractivity contribution in [2.24, 2.45) is 0 Å². The van der Waals surface area contributed by atoms with Crippen molar-refractivity contribution in [3.8, 4) is 0 Å². The molecule has 0 aliphatic heterocycles. The molecule has 1 aromatic carbocycles. The van der Waals surface area contributed by atoms with Gasteiger partial charge >= 0.3 is 0 Å². The van der Waals surface area contributed by atoms with Crippen molar-refractivity contribution in [2.45, 2.75) is 38.8 Å². The molecule has 0 saturated carbocycles. The Morgan fingerprint density at radius 2 is 1.89 bits per heavy atom. The number of benzene rings is 1. The van der Waals surface area contributed by atoms with E-state index in [0.717, 1.165) is 0 Å². The van der Waals surface area contributed by atoms with E-state index in [9.17, 15) is 15.2 Å². The van der Waals surface area contributed by atoms with Crippen LogP contribution in [0.4, 0.5) is 11.4 Å². The van der Waals surface area contributed by atoms with E-state index in [0.29, 0.717) is 10.2 Å². The lowest BCUT2D eigenvalue weighted by Gasteiger charge is -2.39. The van der Waals surface area contributed by atoms with Gasteiger partial charge in [-0.3, -0.25) is 10.1 Å². The van der Waals surface area contributed by atoms with Gasteiger partial charge in [-0.25, -0.2) is 0 Å². The monoisotopic (exact) mass is 316 g/mol. The lowest BCUT2D eigenvalue weighted by molar-refractivity contribution is -0.384. The molecule has 0 amide bonds. The van der Waals surface area contributed by atoms with Crippen LogP contribution in [0.5, 0.6) is 0 Å². The zero-order valence-electron chi connectivity index (χ0n) is 10.8. The fourth-order valence-corrected chi connectivity index (χ4v) is 1.67. The summed E-state index contributed by atoms with van der Waals surface area (Å²) in [5.74, 6) is 0. The fraction of sp³-hybridized carbons (Fsp3) is 0.500. The third kappa shape index (κ3) is 3.20. The molecule has 0 unspecified atom stereocenters. The minimum Gasteiger partial charge on any atom is -0.388 e. The van der Waals surface area contributed by atoms with E-state index in [1.165, 1.54) is 12.1 Å². The summed E-state index contributed by atoms with van der Waals surface area (Å²) in [6.07, 6.45) is 0. The van der Waals surface area contributed by atoms with Gasteiger partial charge in [0.25, 0.3) is 5.69 Å². The maximum Gasteiger partial charge on any atom is 0.270 e. The van der Waals surface area contributed by atoms with Gasteiger partial charge in [0, 0.05) is 22.3 Å². The number of rotatable bonds is 4. The molecule has 0 heterocycles. The summed E-state index contributed by atoms with van der Waals surface area (Å²) in [5.41, 5.74) is -0.791. The maximum absolute atomic E-state index is 10.6. The largest absolute Gasteiger partial charge is 0.388 e. The summed E-state index contributed by atoms with van der Waals surface area (Å²) in [7, 11) is 0. The highest BCUT2D eigenvalue weighted by Crippen LogP contribution is 2.32. The van der Waals surface area contributed by atoms with Gasteiger partial charge in [0.2, 0.25) is 0 Å². The quantitative estimate of drug-likeness (QED) is 0.660. The maximum atomic E-state index is 10.6. The van der Waals surface area contributed by atoms with Gasteiger partial charge in [0.05, 0.1) is 16.1 Å². The van der Waals surface area contributed by atoms with Crippen molar-refractivity contribution in [3.63, 3.8) is 0 Å². The molecule has 0 atom stereocenters. The lowest BCUT2D eigenvalue weighted by Crippen LogP contribution is -2.51. The van der Waals surface area contributed by atoms with E-state index in [-0.39, 0.29) is 5.69 Å². The molecule has 0 aromatic heterocycles. The molecular formula is C12H17BrN2O3.